The van der Waals surface area contributed by atoms with Crippen LogP contribution in [0.2, 0.25) is 0 Å². The molecule has 5 heterocycles. The third-order valence-electron chi connectivity index (χ3n) is 10.6. The fraction of sp³-hybridized carbons (Fsp3) is 0.395. The Morgan fingerprint density at radius 1 is 1.00 bits per heavy atom. The molecule has 2 aromatic carbocycles. The van der Waals surface area contributed by atoms with Crippen molar-refractivity contribution >= 4 is 41.4 Å². The maximum Gasteiger partial charge on any atom is 0.315 e. The van der Waals surface area contributed by atoms with Crippen molar-refractivity contribution in [2.75, 3.05) is 29.9 Å². The van der Waals surface area contributed by atoms with Crippen LogP contribution in [-0.2, 0) is 6.42 Å². The number of fused-ring (bicyclic) bond motifs is 1. The predicted octanol–water partition coefficient (Wildman–Crippen LogP) is 3.92. The number of nitrogens with one attached hydrogen (secondary N) is 4. The number of hydrogen-bond donors (Lipinski definition) is 6. The summed E-state index contributed by atoms with van der Waals surface area (Å²) in [6.07, 6.45) is 6.22. The number of aliphatic hydroxyl groups is 2. The maximum atomic E-state index is 12.9. The SMILES string of the molecule is CCc1cnn([C@H]2C[C@@H](n3cnc4c(NCC(c5ccccc5)c5ccccc5)nc(N5CCC(NC(=O)NC(C)c6cnc[nH]6)C5)nc43)[C@H](O)[C@@H]2O)n1.Cl. The highest BCUT2D eigenvalue weighted by Crippen LogP contribution is 2.40. The summed E-state index contributed by atoms with van der Waals surface area (Å²) in [5.41, 5.74) is 5.03. The molecule has 288 valence electrons. The number of rotatable bonds is 12. The number of H-pyrrole nitrogens is 1. The van der Waals surface area contributed by atoms with E-state index in [-0.39, 0.29) is 36.4 Å². The Morgan fingerprint density at radius 3 is 2.40 bits per heavy atom. The molecule has 1 aliphatic heterocycles. The standard InChI is InChI=1S/C38H45N13O3.ClH/c1-3-26-17-43-51(48-26)31-16-30(33(52)34(31)53)50-22-42-32-35(40-18-28(24-10-6-4-7-11-24)25-12-8-5-9-13-25)46-37(47-36(32)50)49-15-14-27(20-49)45-38(54)44-23(2)29-19-39-21-41-29;/h4-13,17,19,21-23,27-28,30-31,33-34,52-53H,3,14-16,18,20H2,1-2H3,(H,39,41)(H,40,46,47)(H2,44,45,54);1H/t23?,27?,30-,31+,33+,34-;/m1./s1. The number of hydrogen-bond acceptors (Lipinski definition) is 11. The summed E-state index contributed by atoms with van der Waals surface area (Å²) in [6.45, 7) is 5.54. The van der Waals surface area contributed by atoms with Gasteiger partial charge in [0.15, 0.2) is 17.0 Å². The van der Waals surface area contributed by atoms with Crippen LogP contribution in [0.15, 0.2) is 85.7 Å². The van der Waals surface area contributed by atoms with E-state index in [9.17, 15) is 15.0 Å². The number of urea groups is 1. The van der Waals surface area contributed by atoms with Crippen LogP contribution in [0.25, 0.3) is 11.2 Å². The van der Waals surface area contributed by atoms with Gasteiger partial charge in [0, 0.05) is 31.6 Å². The summed E-state index contributed by atoms with van der Waals surface area (Å²) in [5.74, 6) is 1.05. The summed E-state index contributed by atoms with van der Waals surface area (Å²) in [4.78, 5) is 38.4. The normalized spacial score (nSPS) is 21.5. The molecule has 55 heavy (non-hydrogen) atoms. The van der Waals surface area contributed by atoms with E-state index in [0.717, 1.165) is 22.5 Å². The van der Waals surface area contributed by atoms with Crippen molar-refractivity contribution in [2.45, 2.75) is 75.4 Å². The van der Waals surface area contributed by atoms with Crippen LogP contribution < -0.4 is 20.9 Å². The minimum Gasteiger partial charge on any atom is -0.388 e. The first-order chi connectivity index (χ1) is 26.4. The van der Waals surface area contributed by atoms with E-state index in [1.54, 1.807) is 25.0 Å². The Kier molecular flexibility index (Phi) is 11.3. The smallest absolute Gasteiger partial charge is 0.315 e. The summed E-state index contributed by atoms with van der Waals surface area (Å²) in [7, 11) is 0. The fourth-order valence-corrected chi connectivity index (χ4v) is 7.60. The minimum atomic E-state index is -1.11. The van der Waals surface area contributed by atoms with Gasteiger partial charge in [0.1, 0.15) is 18.2 Å². The molecule has 6 aromatic rings. The Hall–Kier alpha value is -5.58. The molecule has 6 atom stereocenters. The molecule has 0 radical (unpaired) electrons. The lowest BCUT2D eigenvalue weighted by Crippen LogP contribution is -2.44. The quantitative estimate of drug-likeness (QED) is 0.106. The van der Waals surface area contributed by atoms with Crippen LogP contribution in [0.1, 0.15) is 73.2 Å². The van der Waals surface area contributed by atoms with Crippen LogP contribution in [0.5, 0.6) is 0 Å². The number of aliphatic hydroxyl groups excluding tert-OH is 2. The van der Waals surface area contributed by atoms with Gasteiger partial charge in [-0.1, -0.05) is 67.6 Å². The van der Waals surface area contributed by atoms with Crippen molar-refractivity contribution in [2.24, 2.45) is 0 Å². The third-order valence-corrected chi connectivity index (χ3v) is 10.6. The van der Waals surface area contributed by atoms with Crippen molar-refractivity contribution < 1.29 is 15.0 Å². The average molecular weight is 768 g/mol. The number of aryl methyl sites for hydroxylation is 1. The highest BCUT2D eigenvalue weighted by atomic mass is 35.5. The molecule has 0 bridgehead atoms. The van der Waals surface area contributed by atoms with Gasteiger partial charge in [-0.15, -0.1) is 12.4 Å². The Balaban J connectivity index is 0.00000465. The number of carbonyl (C=O) groups is 1. The molecular formula is C38H46ClN13O3. The lowest BCUT2D eigenvalue weighted by atomic mass is 9.91. The number of carbonyl (C=O) groups excluding carboxylic acids is 1. The van der Waals surface area contributed by atoms with Crippen LogP contribution in [-0.4, -0.2) is 98.6 Å². The van der Waals surface area contributed by atoms with Crippen LogP contribution in [0, 0.1) is 0 Å². The minimum absolute atomic E-state index is 0. The van der Waals surface area contributed by atoms with E-state index in [2.05, 4.69) is 65.3 Å². The average Bonchev–Trinajstić information content (AvgIpc) is 4.05. The van der Waals surface area contributed by atoms with Crippen LogP contribution in [0.3, 0.4) is 0 Å². The predicted molar refractivity (Wildman–Crippen MR) is 209 cm³/mol. The molecule has 2 unspecified atom stereocenters. The first-order valence-electron chi connectivity index (χ1n) is 18.5. The van der Waals surface area contributed by atoms with Crippen molar-refractivity contribution in [3.05, 3.63) is 108 Å². The van der Waals surface area contributed by atoms with Gasteiger partial charge in [-0.2, -0.15) is 25.0 Å². The van der Waals surface area contributed by atoms with Crippen LogP contribution in [0.4, 0.5) is 16.6 Å². The van der Waals surface area contributed by atoms with Gasteiger partial charge in [-0.25, -0.2) is 14.8 Å². The zero-order valence-electron chi connectivity index (χ0n) is 30.6. The molecule has 1 aliphatic carbocycles. The number of aromatic amines is 1. The second-order valence-corrected chi connectivity index (χ2v) is 14.1. The molecular weight excluding hydrogens is 722 g/mol. The first kappa shape index (κ1) is 37.7. The number of aromatic nitrogens is 9. The van der Waals surface area contributed by atoms with E-state index in [1.807, 2.05) is 54.8 Å². The van der Waals surface area contributed by atoms with E-state index in [0.29, 0.717) is 61.8 Å². The number of amides is 2. The lowest BCUT2D eigenvalue weighted by molar-refractivity contribution is 0.00497. The second-order valence-electron chi connectivity index (χ2n) is 14.1. The largest absolute Gasteiger partial charge is 0.388 e. The van der Waals surface area contributed by atoms with Crippen molar-refractivity contribution in [3.63, 3.8) is 0 Å². The van der Waals surface area contributed by atoms with Gasteiger partial charge in [-0.3, -0.25) is 0 Å². The van der Waals surface area contributed by atoms with Crippen molar-refractivity contribution in [1.82, 2.24) is 55.1 Å². The molecule has 6 N–H and O–H groups in total. The van der Waals surface area contributed by atoms with E-state index >= 15 is 0 Å². The summed E-state index contributed by atoms with van der Waals surface area (Å²) < 4.78 is 1.84. The van der Waals surface area contributed by atoms with Gasteiger partial charge in [0.05, 0.1) is 48.5 Å². The molecule has 1 saturated carbocycles. The fourth-order valence-electron chi connectivity index (χ4n) is 7.60. The lowest BCUT2D eigenvalue weighted by Gasteiger charge is -2.22. The molecule has 0 spiro atoms. The molecule has 8 rings (SSSR count). The molecule has 1 saturated heterocycles. The highest BCUT2D eigenvalue weighted by Gasteiger charge is 2.45. The van der Waals surface area contributed by atoms with Gasteiger partial charge < -0.3 is 40.6 Å². The Bertz CT molecular complexity index is 2120. The first-order valence-corrected chi connectivity index (χ1v) is 18.5. The number of imidazole rings is 2. The summed E-state index contributed by atoms with van der Waals surface area (Å²) in [5, 5.41) is 41.2. The second kappa shape index (κ2) is 16.4. The van der Waals surface area contributed by atoms with E-state index in [1.165, 1.54) is 4.80 Å². The summed E-state index contributed by atoms with van der Waals surface area (Å²) in [6, 6.07) is 19.0. The topological polar surface area (TPSA) is 200 Å². The van der Waals surface area contributed by atoms with Crippen LogP contribution >= 0.6 is 12.4 Å². The third kappa shape index (κ3) is 7.83. The summed E-state index contributed by atoms with van der Waals surface area (Å²) >= 11 is 0. The number of nitrogens with zero attached hydrogens (tertiary/aromatic N) is 9. The molecule has 16 nitrogen and oxygen atoms in total. The monoisotopic (exact) mass is 767 g/mol. The highest BCUT2D eigenvalue weighted by molar-refractivity contribution is 5.85. The van der Waals surface area contributed by atoms with Gasteiger partial charge in [0.2, 0.25) is 5.95 Å². The Labute approximate surface area is 324 Å². The number of anilines is 2. The number of benzene rings is 2. The van der Waals surface area contributed by atoms with Gasteiger partial charge >= 0.3 is 6.03 Å². The molecule has 17 heteroatoms. The molecule has 2 fully saturated rings. The van der Waals surface area contributed by atoms with E-state index < -0.39 is 24.3 Å². The molecule has 2 amide bonds. The van der Waals surface area contributed by atoms with Crippen molar-refractivity contribution in [3.8, 4) is 0 Å². The van der Waals surface area contributed by atoms with E-state index in [4.69, 9.17) is 15.0 Å². The Morgan fingerprint density at radius 2 is 1.73 bits per heavy atom. The molecule has 4 aromatic heterocycles. The number of halogens is 1. The zero-order valence-corrected chi connectivity index (χ0v) is 31.4. The van der Waals surface area contributed by atoms with Gasteiger partial charge in [-0.05, 0) is 37.3 Å². The molecule has 2 aliphatic rings. The maximum absolute atomic E-state index is 12.9. The van der Waals surface area contributed by atoms with Crippen molar-refractivity contribution in [1.29, 1.82) is 0 Å². The van der Waals surface area contributed by atoms with Gasteiger partial charge in [0.25, 0.3) is 0 Å². The zero-order chi connectivity index (χ0) is 37.2.